The Morgan fingerprint density at radius 1 is 1.31 bits per heavy atom. The minimum atomic E-state index is 0.0154. The van der Waals surface area contributed by atoms with Crippen molar-refractivity contribution in [2.45, 2.75) is 38.9 Å². The molecule has 29 heavy (non-hydrogen) atoms. The number of para-hydroxylation sites is 1. The SMILES string of the molecule is CC[C@H]1c2ccsc2CCN1Cc1cn(CC(=O)NCCOC)c2ccccc12. The van der Waals surface area contributed by atoms with Crippen molar-refractivity contribution < 1.29 is 9.53 Å². The maximum Gasteiger partial charge on any atom is 0.240 e. The van der Waals surface area contributed by atoms with Gasteiger partial charge in [0.1, 0.15) is 6.54 Å². The van der Waals surface area contributed by atoms with Gasteiger partial charge in [0, 0.05) is 54.8 Å². The van der Waals surface area contributed by atoms with E-state index in [4.69, 9.17) is 4.74 Å². The van der Waals surface area contributed by atoms with E-state index >= 15 is 0 Å². The molecule has 1 aliphatic heterocycles. The fourth-order valence-corrected chi connectivity index (χ4v) is 5.35. The third-order valence-corrected chi connectivity index (χ3v) is 6.78. The second-order valence-electron chi connectivity index (χ2n) is 7.59. The summed E-state index contributed by atoms with van der Waals surface area (Å²) >= 11 is 1.89. The van der Waals surface area contributed by atoms with E-state index in [-0.39, 0.29) is 5.91 Å². The van der Waals surface area contributed by atoms with Crippen LogP contribution in [0.2, 0.25) is 0 Å². The fraction of sp³-hybridized carbons (Fsp3) is 0.435. The van der Waals surface area contributed by atoms with Crippen LogP contribution in [0.1, 0.15) is 35.4 Å². The van der Waals surface area contributed by atoms with E-state index < -0.39 is 0 Å². The van der Waals surface area contributed by atoms with Gasteiger partial charge < -0.3 is 14.6 Å². The predicted molar refractivity (Wildman–Crippen MR) is 118 cm³/mol. The van der Waals surface area contributed by atoms with E-state index in [0.29, 0.717) is 25.7 Å². The van der Waals surface area contributed by atoms with Crippen LogP contribution in [0.5, 0.6) is 0 Å². The Kier molecular flexibility index (Phi) is 6.33. The van der Waals surface area contributed by atoms with E-state index in [1.165, 1.54) is 16.5 Å². The first-order valence-corrected chi connectivity index (χ1v) is 11.2. The summed E-state index contributed by atoms with van der Waals surface area (Å²) in [4.78, 5) is 16.5. The average Bonchev–Trinajstić information content (AvgIpc) is 3.34. The van der Waals surface area contributed by atoms with Gasteiger partial charge in [0.15, 0.2) is 0 Å². The van der Waals surface area contributed by atoms with Crippen LogP contribution in [0, 0.1) is 0 Å². The van der Waals surface area contributed by atoms with Crippen molar-refractivity contribution >= 4 is 28.1 Å². The van der Waals surface area contributed by atoms with Crippen LogP contribution in [-0.4, -0.2) is 42.2 Å². The molecule has 0 saturated carbocycles. The highest BCUT2D eigenvalue weighted by atomic mass is 32.1. The Morgan fingerprint density at radius 2 is 2.17 bits per heavy atom. The van der Waals surface area contributed by atoms with E-state index in [9.17, 15) is 4.79 Å². The van der Waals surface area contributed by atoms with Crippen molar-refractivity contribution in [3.8, 4) is 0 Å². The minimum absolute atomic E-state index is 0.0154. The molecule has 0 saturated heterocycles. The zero-order valence-corrected chi connectivity index (χ0v) is 18.0. The van der Waals surface area contributed by atoms with Gasteiger partial charge >= 0.3 is 0 Å². The number of carbonyl (C=O) groups is 1. The fourth-order valence-electron chi connectivity index (χ4n) is 4.42. The average molecular weight is 412 g/mol. The molecule has 0 fully saturated rings. The lowest BCUT2D eigenvalue weighted by Gasteiger charge is -2.35. The molecule has 1 aliphatic rings. The summed E-state index contributed by atoms with van der Waals surface area (Å²) in [5.74, 6) is 0.0154. The number of benzene rings is 1. The van der Waals surface area contributed by atoms with Crippen LogP contribution in [-0.2, 0) is 29.0 Å². The minimum Gasteiger partial charge on any atom is -0.383 e. The number of hydrogen-bond donors (Lipinski definition) is 1. The number of carbonyl (C=O) groups excluding carboxylic acids is 1. The van der Waals surface area contributed by atoms with E-state index in [2.05, 4.69) is 57.5 Å². The molecule has 0 radical (unpaired) electrons. The summed E-state index contributed by atoms with van der Waals surface area (Å²) in [6, 6.07) is 11.2. The largest absolute Gasteiger partial charge is 0.383 e. The number of hydrogen-bond acceptors (Lipinski definition) is 4. The number of nitrogens with one attached hydrogen (secondary N) is 1. The van der Waals surface area contributed by atoms with Crippen LogP contribution < -0.4 is 5.32 Å². The van der Waals surface area contributed by atoms with Crippen molar-refractivity contribution in [3.63, 3.8) is 0 Å². The molecular weight excluding hydrogens is 382 g/mol. The van der Waals surface area contributed by atoms with Gasteiger partial charge in [0.05, 0.1) is 6.61 Å². The third-order valence-electron chi connectivity index (χ3n) is 5.78. The molecule has 0 unspecified atom stereocenters. The first-order chi connectivity index (χ1) is 14.2. The zero-order valence-electron chi connectivity index (χ0n) is 17.2. The molecule has 0 bridgehead atoms. The Bertz CT molecular complexity index is 978. The number of ether oxygens (including phenoxy) is 1. The highest BCUT2D eigenvalue weighted by molar-refractivity contribution is 7.10. The number of fused-ring (bicyclic) bond motifs is 2. The molecule has 1 atom stereocenters. The number of rotatable bonds is 8. The van der Waals surface area contributed by atoms with Gasteiger partial charge in [-0.1, -0.05) is 25.1 Å². The van der Waals surface area contributed by atoms with Crippen LogP contribution >= 0.6 is 11.3 Å². The van der Waals surface area contributed by atoms with Crippen LogP contribution in [0.3, 0.4) is 0 Å². The molecule has 1 N–H and O–H groups in total. The number of thiophene rings is 1. The standard InChI is InChI=1S/C23H29N3O2S/c1-3-20-19-9-13-29-22(19)8-11-25(20)14-17-15-26(16-23(27)24-10-12-28-2)21-7-5-4-6-18(17)21/h4-7,9,13,15,20H,3,8,10-12,14,16H2,1-2H3,(H,24,27)/t20-/m0/s1. The predicted octanol–water partition coefficient (Wildman–Crippen LogP) is 3.97. The second kappa shape index (κ2) is 9.11. The third kappa shape index (κ3) is 4.25. The lowest BCUT2D eigenvalue weighted by molar-refractivity contribution is -0.121. The quantitative estimate of drug-likeness (QED) is 0.571. The summed E-state index contributed by atoms with van der Waals surface area (Å²) in [7, 11) is 1.64. The van der Waals surface area contributed by atoms with Crippen molar-refractivity contribution in [1.29, 1.82) is 0 Å². The Labute approximate surface area is 176 Å². The van der Waals surface area contributed by atoms with Gasteiger partial charge in [-0.15, -0.1) is 11.3 Å². The summed E-state index contributed by atoms with van der Waals surface area (Å²) in [5.41, 5.74) is 3.91. The van der Waals surface area contributed by atoms with Crippen molar-refractivity contribution in [2.24, 2.45) is 0 Å². The Hall–Kier alpha value is -2.15. The summed E-state index contributed by atoms with van der Waals surface area (Å²) in [5, 5.41) is 6.38. The van der Waals surface area contributed by atoms with Crippen LogP contribution in [0.25, 0.3) is 10.9 Å². The molecule has 3 aromatic rings. The Morgan fingerprint density at radius 3 is 3.00 bits per heavy atom. The van der Waals surface area contributed by atoms with Crippen LogP contribution in [0.15, 0.2) is 41.9 Å². The molecule has 3 heterocycles. The van der Waals surface area contributed by atoms with Gasteiger partial charge in [0.2, 0.25) is 5.91 Å². The van der Waals surface area contributed by atoms with E-state index in [1.54, 1.807) is 12.0 Å². The molecule has 6 heteroatoms. The molecular formula is C23H29N3O2S. The molecule has 154 valence electrons. The van der Waals surface area contributed by atoms with Crippen molar-refractivity contribution in [1.82, 2.24) is 14.8 Å². The summed E-state index contributed by atoms with van der Waals surface area (Å²) < 4.78 is 7.09. The lowest BCUT2D eigenvalue weighted by atomic mass is 9.97. The maximum absolute atomic E-state index is 12.3. The lowest BCUT2D eigenvalue weighted by Crippen LogP contribution is -2.33. The monoisotopic (exact) mass is 411 g/mol. The first-order valence-electron chi connectivity index (χ1n) is 10.3. The topological polar surface area (TPSA) is 46.5 Å². The number of nitrogens with zero attached hydrogens (tertiary/aromatic N) is 2. The van der Waals surface area contributed by atoms with E-state index in [1.807, 2.05) is 17.4 Å². The van der Waals surface area contributed by atoms with E-state index in [0.717, 1.165) is 31.4 Å². The summed E-state index contributed by atoms with van der Waals surface area (Å²) in [6.45, 7) is 5.67. The number of amides is 1. The van der Waals surface area contributed by atoms with Gasteiger partial charge in [-0.3, -0.25) is 9.69 Å². The van der Waals surface area contributed by atoms with Gasteiger partial charge in [-0.25, -0.2) is 0 Å². The Balaban J connectivity index is 1.56. The molecule has 5 nitrogen and oxygen atoms in total. The number of aromatic nitrogens is 1. The molecule has 0 aliphatic carbocycles. The molecule has 2 aromatic heterocycles. The van der Waals surface area contributed by atoms with Crippen molar-refractivity contribution in [2.75, 3.05) is 26.8 Å². The summed E-state index contributed by atoms with van der Waals surface area (Å²) in [6.07, 6.45) is 4.41. The normalized spacial score (nSPS) is 16.8. The maximum atomic E-state index is 12.3. The van der Waals surface area contributed by atoms with Gasteiger partial charge in [-0.2, -0.15) is 0 Å². The molecule has 1 aromatic carbocycles. The van der Waals surface area contributed by atoms with Crippen molar-refractivity contribution in [3.05, 3.63) is 57.9 Å². The van der Waals surface area contributed by atoms with Crippen LogP contribution in [0.4, 0.5) is 0 Å². The molecule has 1 amide bonds. The number of methoxy groups -OCH3 is 1. The van der Waals surface area contributed by atoms with Gasteiger partial charge in [-0.05, 0) is 41.5 Å². The van der Waals surface area contributed by atoms with Gasteiger partial charge in [0.25, 0.3) is 0 Å². The zero-order chi connectivity index (χ0) is 20.2. The first kappa shape index (κ1) is 20.1. The smallest absolute Gasteiger partial charge is 0.240 e. The molecule has 4 rings (SSSR count). The highest BCUT2D eigenvalue weighted by Crippen LogP contribution is 2.36. The highest BCUT2D eigenvalue weighted by Gasteiger charge is 2.27. The second-order valence-corrected chi connectivity index (χ2v) is 8.59. The molecule has 0 spiro atoms.